The summed E-state index contributed by atoms with van der Waals surface area (Å²) in [7, 11) is 1.48. The molecule has 3 nitrogen and oxygen atoms in total. The average molecular weight is 301 g/mol. The van der Waals surface area contributed by atoms with Crippen LogP contribution in [0.5, 0.6) is 0 Å². The molecular formula is C16H31NO2S. The summed E-state index contributed by atoms with van der Waals surface area (Å²) in [5, 5.41) is 4.21. The first kappa shape index (κ1) is 17.8. The van der Waals surface area contributed by atoms with E-state index in [0.29, 0.717) is 0 Å². The smallest absolute Gasteiger partial charge is 0.325 e. The van der Waals surface area contributed by atoms with E-state index in [1.54, 1.807) is 0 Å². The lowest BCUT2D eigenvalue weighted by molar-refractivity contribution is -0.148. The first-order valence-electron chi connectivity index (χ1n) is 8.07. The fourth-order valence-corrected chi connectivity index (χ4v) is 4.11. The predicted molar refractivity (Wildman–Crippen MR) is 87.3 cm³/mol. The molecule has 0 heterocycles. The maximum atomic E-state index is 11.9. The monoisotopic (exact) mass is 301 g/mol. The van der Waals surface area contributed by atoms with Crippen molar-refractivity contribution in [3.63, 3.8) is 0 Å². The first-order chi connectivity index (χ1) is 9.62. The number of carbonyl (C=O) groups is 1. The van der Waals surface area contributed by atoms with Gasteiger partial charge in [-0.25, -0.2) is 0 Å². The Hall–Kier alpha value is -0.220. The normalized spacial score (nSPS) is 19.6. The maximum Gasteiger partial charge on any atom is 0.325 e. The molecule has 1 atom stereocenters. The number of methoxy groups -OCH3 is 1. The molecule has 0 bridgehead atoms. The zero-order chi connectivity index (χ0) is 14.8. The molecule has 0 radical (unpaired) electrons. The summed E-state index contributed by atoms with van der Waals surface area (Å²) >= 11 is 2.10. The second-order valence-corrected chi connectivity index (χ2v) is 7.39. The van der Waals surface area contributed by atoms with E-state index >= 15 is 0 Å². The Bertz CT molecular complexity index is 280. The molecule has 1 rings (SSSR count). The van der Waals surface area contributed by atoms with Crippen LogP contribution in [0.25, 0.3) is 0 Å². The molecular weight excluding hydrogens is 270 g/mol. The topological polar surface area (TPSA) is 38.3 Å². The number of carbonyl (C=O) groups excluding carboxylic acids is 1. The lowest BCUT2D eigenvalue weighted by atomic mass is 9.96. The van der Waals surface area contributed by atoms with Crippen molar-refractivity contribution in [2.75, 3.05) is 19.4 Å². The molecule has 0 aliphatic heterocycles. The molecule has 1 saturated carbocycles. The molecule has 0 spiro atoms. The van der Waals surface area contributed by atoms with Crippen LogP contribution in [0, 0.1) is 0 Å². The molecule has 1 aliphatic rings. The third kappa shape index (κ3) is 6.04. The SMILES string of the molecule is CCCNC(C)(CCCSC1CCCCC1)C(=O)OC. The lowest BCUT2D eigenvalue weighted by Crippen LogP contribution is -2.50. The molecule has 118 valence electrons. The van der Waals surface area contributed by atoms with E-state index in [9.17, 15) is 4.79 Å². The van der Waals surface area contributed by atoms with Gasteiger partial charge in [-0.3, -0.25) is 4.79 Å². The molecule has 1 fully saturated rings. The Balaban J connectivity index is 2.28. The van der Waals surface area contributed by atoms with Crippen molar-refractivity contribution in [3.05, 3.63) is 0 Å². The number of hydrogen-bond acceptors (Lipinski definition) is 4. The summed E-state index contributed by atoms with van der Waals surface area (Å²) in [5.74, 6) is 1.03. The van der Waals surface area contributed by atoms with Gasteiger partial charge in [0.2, 0.25) is 0 Å². The molecule has 0 aromatic rings. The maximum absolute atomic E-state index is 11.9. The van der Waals surface area contributed by atoms with Crippen molar-refractivity contribution in [2.45, 2.75) is 76.0 Å². The van der Waals surface area contributed by atoms with Gasteiger partial charge in [0.05, 0.1) is 7.11 Å². The molecule has 0 amide bonds. The van der Waals surface area contributed by atoms with E-state index < -0.39 is 5.54 Å². The summed E-state index contributed by atoms with van der Waals surface area (Å²) < 4.78 is 4.95. The van der Waals surface area contributed by atoms with Crippen LogP contribution in [-0.2, 0) is 9.53 Å². The van der Waals surface area contributed by atoms with Crippen LogP contribution in [0.2, 0.25) is 0 Å². The van der Waals surface area contributed by atoms with E-state index in [-0.39, 0.29) is 5.97 Å². The molecule has 1 aliphatic carbocycles. The van der Waals surface area contributed by atoms with E-state index in [4.69, 9.17) is 4.74 Å². The minimum Gasteiger partial charge on any atom is -0.468 e. The first-order valence-corrected chi connectivity index (χ1v) is 9.12. The van der Waals surface area contributed by atoms with Crippen molar-refractivity contribution >= 4 is 17.7 Å². The highest BCUT2D eigenvalue weighted by Crippen LogP contribution is 2.29. The number of ether oxygens (including phenoxy) is 1. The summed E-state index contributed by atoms with van der Waals surface area (Å²) in [6.07, 6.45) is 9.94. The molecule has 4 heteroatoms. The fourth-order valence-electron chi connectivity index (χ4n) is 2.80. The van der Waals surface area contributed by atoms with Crippen LogP contribution in [0.4, 0.5) is 0 Å². The van der Waals surface area contributed by atoms with Gasteiger partial charge in [0, 0.05) is 5.25 Å². The Morgan fingerprint density at radius 1 is 1.35 bits per heavy atom. The zero-order valence-corrected chi connectivity index (χ0v) is 14.2. The third-order valence-corrected chi connectivity index (χ3v) is 5.60. The van der Waals surface area contributed by atoms with Gasteiger partial charge in [0.15, 0.2) is 0 Å². The van der Waals surface area contributed by atoms with Gasteiger partial charge in [-0.05, 0) is 51.3 Å². The van der Waals surface area contributed by atoms with Crippen molar-refractivity contribution in [1.29, 1.82) is 0 Å². The van der Waals surface area contributed by atoms with Crippen LogP contribution in [0.3, 0.4) is 0 Å². The van der Waals surface area contributed by atoms with E-state index in [2.05, 4.69) is 24.0 Å². The van der Waals surface area contributed by atoms with Crippen LogP contribution in [0.1, 0.15) is 65.2 Å². The Labute approximate surface area is 128 Å². The standard InChI is InChI=1S/C16H31NO2S/c1-4-12-17-16(2,15(18)19-3)11-8-13-20-14-9-6-5-7-10-14/h14,17H,4-13H2,1-3H3. The number of thioether (sulfide) groups is 1. The zero-order valence-electron chi connectivity index (χ0n) is 13.4. The summed E-state index contributed by atoms with van der Waals surface area (Å²) in [5.41, 5.74) is -0.516. The number of nitrogens with one attached hydrogen (secondary N) is 1. The van der Waals surface area contributed by atoms with E-state index in [1.807, 2.05) is 6.92 Å². The van der Waals surface area contributed by atoms with Gasteiger partial charge in [-0.2, -0.15) is 11.8 Å². The Morgan fingerprint density at radius 2 is 2.05 bits per heavy atom. The highest BCUT2D eigenvalue weighted by atomic mass is 32.2. The minimum atomic E-state index is -0.516. The fraction of sp³-hybridized carbons (Fsp3) is 0.938. The summed E-state index contributed by atoms with van der Waals surface area (Å²) in [6.45, 7) is 4.95. The van der Waals surface area contributed by atoms with Crippen LogP contribution >= 0.6 is 11.8 Å². The van der Waals surface area contributed by atoms with Crippen LogP contribution in [-0.4, -0.2) is 36.2 Å². The number of esters is 1. The van der Waals surface area contributed by atoms with Crippen LogP contribution in [0.15, 0.2) is 0 Å². The molecule has 0 saturated heterocycles. The minimum absolute atomic E-state index is 0.131. The second kappa shape index (κ2) is 9.67. The highest BCUT2D eigenvalue weighted by molar-refractivity contribution is 7.99. The van der Waals surface area contributed by atoms with Gasteiger partial charge >= 0.3 is 5.97 Å². The highest BCUT2D eigenvalue weighted by Gasteiger charge is 2.32. The second-order valence-electron chi connectivity index (χ2n) is 5.98. The van der Waals surface area contributed by atoms with E-state index in [1.165, 1.54) is 39.2 Å². The predicted octanol–water partition coefficient (Wildman–Crippen LogP) is 3.76. The van der Waals surface area contributed by atoms with Gasteiger partial charge < -0.3 is 10.1 Å². The van der Waals surface area contributed by atoms with E-state index in [0.717, 1.165) is 36.8 Å². The molecule has 1 N–H and O–H groups in total. The Morgan fingerprint density at radius 3 is 2.65 bits per heavy atom. The third-order valence-electron chi connectivity index (χ3n) is 4.13. The molecule has 0 aromatic carbocycles. The molecule has 20 heavy (non-hydrogen) atoms. The van der Waals surface area contributed by atoms with Crippen molar-refractivity contribution in [3.8, 4) is 0 Å². The lowest BCUT2D eigenvalue weighted by Gasteiger charge is -2.28. The van der Waals surface area contributed by atoms with Gasteiger partial charge in [-0.15, -0.1) is 0 Å². The van der Waals surface area contributed by atoms with Crippen LogP contribution < -0.4 is 5.32 Å². The van der Waals surface area contributed by atoms with Gasteiger partial charge in [0.1, 0.15) is 5.54 Å². The van der Waals surface area contributed by atoms with Crippen molar-refractivity contribution < 1.29 is 9.53 Å². The Kier molecular flexibility index (Phi) is 8.62. The largest absolute Gasteiger partial charge is 0.468 e. The van der Waals surface area contributed by atoms with Crippen molar-refractivity contribution in [2.24, 2.45) is 0 Å². The summed E-state index contributed by atoms with van der Waals surface area (Å²) in [4.78, 5) is 11.9. The van der Waals surface area contributed by atoms with Gasteiger partial charge in [0.25, 0.3) is 0 Å². The molecule has 0 aromatic heterocycles. The quantitative estimate of drug-likeness (QED) is 0.520. The average Bonchev–Trinajstić information content (AvgIpc) is 2.49. The molecule has 1 unspecified atom stereocenters. The van der Waals surface area contributed by atoms with Crippen molar-refractivity contribution in [1.82, 2.24) is 5.32 Å². The van der Waals surface area contributed by atoms with Gasteiger partial charge in [-0.1, -0.05) is 26.2 Å². The number of hydrogen-bond donors (Lipinski definition) is 1. The summed E-state index contributed by atoms with van der Waals surface area (Å²) in [6, 6.07) is 0. The number of rotatable bonds is 9.